The zero-order chi connectivity index (χ0) is 12.3. The van der Waals surface area contributed by atoms with Crippen molar-refractivity contribution >= 4 is 11.8 Å². The third kappa shape index (κ3) is 0.544. The van der Waals surface area contributed by atoms with Crippen LogP contribution in [0.5, 0.6) is 0 Å². The minimum atomic E-state index is -0.869. The second-order valence-corrected chi connectivity index (χ2v) is 6.53. The first-order valence-electron chi connectivity index (χ1n) is 6.66. The van der Waals surface area contributed by atoms with Crippen molar-refractivity contribution in [3.05, 3.63) is 24.3 Å². The standard InChI is InChI=1S/C15H14O3/c1-18-12(17)15-11(16)10-8-6-13(15)4-2-3-5-14(13,15)7-9(8)10/h2-5,8-10H,6-7H2,1H3. The van der Waals surface area contributed by atoms with Gasteiger partial charge in [-0.15, -0.1) is 0 Å². The smallest absolute Gasteiger partial charge is 0.321 e. The Balaban J connectivity index is 1.82. The highest BCUT2D eigenvalue weighted by Gasteiger charge is 3.00. The Morgan fingerprint density at radius 2 is 1.78 bits per heavy atom. The van der Waals surface area contributed by atoms with Gasteiger partial charge in [-0.25, -0.2) is 0 Å². The van der Waals surface area contributed by atoms with Crippen LogP contribution in [0.15, 0.2) is 24.3 Å². The summed E-state index contributed by atoms with van der Waals surface area (Å²) in [5.41, 5.74) is -1.35. The fourth-order valence-corrected chi connectivity index (χ4v) is 5.99. The van der Waals surface area contributed by atoms with E-state index in [4.69, 9.17) is 4.74 Å². The van der Waals surface area contributed by atoms with Gasteiger partial charge >= 0.3 is 5.97 Å². The van der Waals surface area contributed by atoms with Crippen LogP contribution < -0.4 is 0 Å². The number of carbonyl (C=O) groups is 2. The Labute approximate surface area is 105 Å². The highest BCUT2D eigenvalue weighted by molar-refractivity contribution is 6.15. The monoisotopic (exact) mass is 242 g/mol. The summed E-state index contributed by atoms with van der Waals surface area (Å²) in [6, 6.07) is 0. The van der Waals surface area contributed by atoms with E-state index >= 15 is 0 Å². The van der Waals surface area contributed by atoms with Gasteiger partial charge in [0.2, 0.25) is 0 Å². The summed E-state index contributed by atoms with van der Waals surface area (Å²) >= 11 is 0. The maximum absolute atomic E-state index is 12.8. The van der Waals surface area contributed by atoms with Gasteiger partial charge in [-0.1, -0.05) is 24.3 Å². The Bertz CT molecular complexity index is 553. The SMILES string of the molecule is COC(=O)C12C(=O)C3C4CC15C=CC=CC52CC43. The van der Waals surface area contributed by atoms with Gasteiger partial charge in [0.15, 0.2) is 5.78 Å². The predicted octanol–water partition coefficient (Wildman–Crippen LogP) is 1.50. The fourth-order valence-electron chi connectivity index (χ4n) is 5.99. The molecule has 6 bridgehead atoms. The Kier molecular flexibility index (Phi) is 1.19. The molecule has 4 atom stereocenters. The van der Waals surface area contributed by atoms with Gasteiger partial charge in [0.25, 0.3) is 0 Å². The van der Waals surface area contributed by atoms with Crippen molar-refractivity contribution in [3.63, 3.8) is 0 Å². The van der Waals surface area contributed by atoms with Gasteiger partial charge < -0.3 is 4.74 Å². The molecule has 0 saturated heterocycles. The Morgan fingerprint density at radius 1 is 1.22 bits per heavy atom. The zero-order valence-electron chi connectivity index (χ0n) is 10.2. The molecule has 2 spiro atoms. The van der Waals surface area contributed by atoms with Crippen LogP contribution >= 0.6 is 0 Å². The second kappa shape index (κ2) is 2.24. The van der Waals surface area contributed by atoms with Crippen LogP contribution in [0.25, 0.3) is 0 Å². The largest absolute Gasteiger partial charge is 0.468 e. The van der Waals surface area contributed by atoms with E-state index in [1.54, 1.807) is 0 Å². The summed E-state index contributed by atoms with van der Waals surface area (Å²) < 4.78 is 5.02. The summed E-state index contributed by atoms with van der Waals surface area (Å²) in [6.45, 7) is 0. The molecule has 3 heteroatoms. The normalized spacial score (nSPS) is 60.1. The molecule has 0 amide bonds. The molecule has 3 nitrogen and oxygen atoms in total. The van der Waals surface area contributed by atoms with Gasteiger partial charge in [0.05, 0.1) is 7.11 Å². The lowest BCUT2D eigenvalue weighted by Crippen LogP contribution is -2.39. The number of Topliss-reactive ketones (excluding diaryl/α,β-unsaturated/α-hetero) is 1. The minimum Gasteiger partial charge on any atom is -0.468 e. The third-order valence-corrected chi connectivity index (χ3v) is 6.56. The molecule has 0 heterocycles. The van der Waals surface area contributed by atoms with Crippen molar-refractivity contribution < 1.29 is 14.3 Å². The number of ether oxygens (including phenoxy) is 1. The first-order valence-corrected chi connectivity index (χ1v) is 6.66. The van der Waals surface area contributed by atoms with Gasteiger partial charge in [-0.05, 0) is 24.7 Å². The summed E-state index contributed by atoms with van der Waals surface area (Å²) in [4.78, 5) is 25.1. The van der Waals surface area contributed by atoms with Crippen LogP contribution in [0.2, 0.25) is 0 Å². The van der Waals surface area contributed by atoms with Gasteiger partial charge in [0.1, 0.15) is 5.41 Å². The molecule has 5 fully saturated rings. The molecule has 6 rings (SSSR count). The van der Waals surface area contributed by atoms with E-state index in [-0.39, 0.29) is 28.5 Å². The van der Waals surface area contributed by atoms with Gasteiger partial charge in [-0.3, -0.25) is 9.59 Å². The summed E-state index contributed by atoms with van der Waals surface area (Å²) in [5.74, 6) is 1.13. The van der Waals surface area contributed by atoms with E-state index in [2.05, 4.69) is 12.2 Å². The van der Waals surface area contributed by atoms with Crippen LogP contribution in [0.3, 0.4) is 0 Å². The van der Waals surface area contributed by atoms with E-state index in [0.717, 1.165) is 12.8 Å². The van der Waals surface area contributed by atoms with Crippen LogP contribution in [0.1, 0.15) is 12.8 Å². The number of rotatable bonds is 1. The minimum absolute atomic E-state index is 0.160. The Hall–Kier alpha value is -1.38. The molecule has 92 valence electrons. The molecule has 6 aliphatic rings. The van der Waals surface area contributed by atoms with Crippen LogP contribution in [-0.2, 0) is 14.3 Å². The molecule has 0 radical (unpaired) electrons. The quantitative estimate of drug-likeness (QED) is 0.517. The van der Waals surface area contributed by atoms with Crippen LogP contribution in [0.4, 0.5) is 0 Å². The average Bonchev–Trinajstić information content (AvgIpc) is 3.23. The molecule has 6 aliphatic carbocycles. The summed E-state index contributed by atoms with van der Waals surface area (Å²) in [7, 11) is 1.40. The lowest BCUT2D eigenvalue weighted by Gasteiger charge is -2.25. The average molecular weight is 242 g/mol. The predicted molar refractivity (Wildman–Crippen MR) is 62.3 cm³/mol. The first kappa shape index (κ1) is 9.54. The molecule has 0 aromatic rings. The number of esters is 1. The second-order valence-electron chi connectivity index (χ2n) is 6.53. The molecule has 0 aromatic carbocycles. The van der Waals surface area contributed by atoms with Crippen LogP contribution in [0, 0.1) is 34.0 Å². The molecule has 0 aromatic heterocycles. The molecule has 18 heavy (non-hydrogen) atoms. The summed E-state index contributed by atoms with van der Waals surface area (Å²) in [5, 5.41) is 0. The van der Waals surface area contributed by atoms with Gasteiger partial charge in [0, 0.05) is 16.7 Å². The van der Waals surface area contributed by atoms with Crippen molar-refractivity contribution in [1.29, 1.82) is 0 Å². The molecular weight excluding hydrogens is 228 g/mol. The number of carbonyl (C=O) groups excluding carboxylic acids is 2. The van der Waals surface area contributed by atoms with E-state index in [1.807, 2.05) is 12.2 Å². The number of hydrogen-bond acceptors (Lipinski definition) is 3. The molecule has 0 N–H and O–H groups in total. The van der Waals surface area contributed by atoms with Crippen LogP contribution in [-0.4, -0.2) is 18.9 Å². The topological polar surface area (TPSA) is 43.4 Å². The van der Waals surface area contributed by atoms with Crippen molar-refractivity contribution in [1.82, 2.24) is 0 Å². The lowest BCUT2D eigenvalue weighted by molar-refractivity contribution is -0.156. The van der Waals surface area contributed by atoms with Crippen molar-refractivity contribution in [2.45, 2.75) is 12.8 Å². The van der Waals surface area contributed by atoms with E-state index in [0.29, 0.717) is 11.8 Å². The highest BCUT2D eigenvalue weighted by atomic mass is 16.5. The molecule has 4 unspecified atom stereocenters. The number of hydrogen-bond donors (Lipinski definition) is 0. The molecular formula is C15H14O3. The Morgan fingerprint density at radius 3 is 2.28 bits per heavy atom. The molecule has 5 saturated carbocycles. The highest BCUT2D eigenvalue weighted by Crippen LogP contribution is 2.95. The molecule has 0 aliphatic heterocycles. The van der Waals surface area contributed by atoms with E-state index < -0.39 is 5.41 Å². The van der Waals surface area contributed by atoms with E-state index in [9.17, 15) is 9.59 Å². The summed E-state index contributed by atoms with van der Waals surface area (Å²) in [6.07, 6.45) is 10.2. The fraction of sp³-hybridized carbons (Fsp3) is 0.600. The maximum atomic E-state index is 12.8. The van der Waals surface area contributed by atoms with Gasteiger partial charge in [-0.2, -0.15) is 0 Å². The number of methoxy groups -OCH3 is 1. The van der Waals surface area contributed by atoms with Crippen molar-refractivity contribution in [2.24, 2.45) is 34.0 Å². The number of allylic oxidation sites excluding steroid dienone is 4. The van der Waals surface area contributed by atoms with Crippen molar-refractivity contribution in [2.75, 3.05) is 7.11 Å². The number of ketones is 1. The van der Waals surface area contributed by atoms with Crippen molar-refractivity contribution in [3.8, 4) is 0 Å². The zero-order valence-corrected chi connectivity index (χ0v) is 10.2. The lowest BCUT2D eigenvalue weighted by atomic mass is 9.77. The third-order valence-electron chi connectivity index (χ3n) is 6.56. The van der Waals surface area contributed by atoms with E-state index in [1.165, 1.54) is 7.11 Å². The first-order chi connectivity index (χ1) is 8.66. The maximum Gasteiger partial charge on any atom is 0.321 e.